The summed E-state index contributed by atoms with van der Waals surface area (Å²) in [4.78, 5) is 56.3. The fourth-order valence-corrected chi connectivity index (χ4v) is 10.1. The number of benzene rings is 2. The van der Waals surface area contributed by atoms with Gasteiger partial charge >= 0.3 is 11.9 Å². The molecule has 11 atom stereocenters. The molecule has 1 aromatic heterocycles. The van der Waals surface area contributed by atoms with Crippen molar-refractivity contribution in [2.24, 2.45) is 16.7 Å². The molecule has 1 aliphatic heterocycles. The van der Waals surface area contributed by atoms with Crippen molar-refractivity contribution in [3.8, 4) is 0 Å². The van der Waals surface area contributed by atoms with Crippen molar-refractivity contribution in [2.45, 2.75) is 94.4 Å². The fourth-order valence-electron chi connectivity index (χ4n) is 9.31. The average molecular weight is 1230 g/mol. The van der Waals surface area contributed by atoms with Crippen LogP contribution in [0.15, 0.2) is 89.3 Å². The van der Waals surface area contributed by atoms with Gasteiger partial charge in [-0.25, -0.2) is 9.59 Å². The molecule has 298 valence electrons. The Balaban J connectivity index is 0.00000310. The van der Waals surface area contributed by atoms with Gasteiger partial charge in [0.25, 0.3) is 5.91 Å². The van der Waals surface area contributed by atoms with Crippen LogP contribution in [0.1, 0.15) is 72.2 Å². The Morgan fingerprint density at radius 2 is 1.53 bits per heavy atom. The Labute approximate surface area is 405 Å². The zero-order valence-corrected chi connectivity index (χ0v) is 42.2. The van der Waals surface area contributed by atoms with Gasteiger partial charge in [-0.1, -0.05) is 56.3 Å². The van der Waals surface area contributed by atoms with Crippen molar-refractivity contribution in [1.82, 2.24) is 5.32 Å². The predicted octanol–water partition coefficient (Wildman–Crippen LogP) is 2.66. The van der Waals surface area contributed by atoms with Crippen LogP contribution in [0.2, 0.25) is 0 Å². The monoisotopic (exact) mass is 1230 g/mol. The minimum atomic E-state index is -2.29. The number of carbonyl (C=O) groups excluding carboxylic acids is 4. The summed E-state index contributed by atoms with van der Waals surface area (Å²) in [5.41, 5.74) is -7.17. The summed E-state index contributed by atoms with van der Waals surface area (Å²) in [5, 5.41) is 65.1. The van der Waals surface area contributed by atoms with Gasteiger partial charge in [0.1, 0.15) is 35.6 Å². The molecule has 2 heterocycles. The first-order chi connectivity index (χ1) is 26.0. The molecule has 2 saturated carbocycles. The molecule has 1 amide bonds. The van der Waals surface area contributed by atoms with E-state index in [0.717, 1.165) is 0 Å². The summed E-state index contributed by atoms with van der Waals surface area (Å²) in [7, 11) is 0. The van der Waals surface area contributed by atoms with E-state index in [1.807, 2.05) is 0 Å². The van der Waals surface area contributed by atoms with Gasteiger partial charge in [0.05, 0.1) is 29.8 Å². The third-order valence-corrected chi connectivity index (χ3v) is 13.6. The number of aliphatic hydroxyl groups is 5. The molecule has 57 heavy (non-hydrogen) atoms. The topological polar surface area (TPSA) is 209 Å². The van der Waals surface area contributed by atoms with Crippen LogP contribution in [-0.4, -0.2) is 104 Å². The molecule has 0 spiro atoms. The van der Waals surface area contributed by atoms with E-state index in [0.29, 0.717) is 4.88 Å². The first-order valence-electron chi connectivity index (χ1n) is 18.2. The summed E-state index contributed by atoms with van der Waals surface area (Å²) in [6.45, 7) is 5.73. The second kappa shape index (κ2) is 17.5. The maximum absolute atomic E-state index is 14.7. The summed E-state index contributed by atoms with van der Waals surface area (Å²) >= 11 is 1.19. The maximum Gasteiger partial charge on any atom is 0.338 e. The summed E-state index contributed by atoms with van der Waals surface area (Å²) in [6, 6.07) is 18.2. The molecule has 16 heteroatoms. The van der Waals surface area contributed by atoms with Crippen LogP contribution in [0.5, 0.6) is 0 Å². The van der Waals surface area contributed by atoms with Gasteiger partial charge in [-0.15, -0.1) is 11.3 Å². The molecule has 3 fully saturated rings. The van der Waals surface area contributed by atoms with E-state index >= 15 is 0 Å². The number of hydrogen-bond donors (Lipinski definition) is 6. The molecule has 13 nitrogen and oxygen atoms in total. The Morgan fingerprint density at radius 3 is 2.09 bits per heavy atom. The number of amides is 1. The van der Waals surface area contributed by atoms with Gasteiger partial charge in [0.2, 0.25) is 0 Å². The quantitative estimate of drug-likeness (QED) is 0.142. The van der Waals surface area contributed by atoms with Gasteiger partial charge in [0.15, 0.2) is 11.9 Å². The number of carbonyl (C=O) groups is 4. The summed E-state index contributed by atoms with van der Waals surface area (Å²) in [6.07, 6.45) is -10.2. The Morgan fingerprint density at radius 1 is 0.912 bits per heavy atom. The van der Waals surface area contributed by atoms with Crippen molar-refractivity contribution in [1.29, 1.82) is 0 Å². The number of fused-ring (bicyclic) bond motifs is 5. The third-order valence-electron chi connectivity index (χ3n) is 12.6. The molecule has 3 aliphatic carbocycles. The van der Waals surface area contributed by atoms with Crippen LogP contribution < -0.4 is 5.32 Å². The zero-order valence-electron chi connectivity index (χ0n) is 31.9. The SMILES string of the molecule is CC1=C2C(O)C(=O)[C@]3(C)C(O)CC4OC[C@@]4(O)C3C(OC(=O)c3ccccc3)C(O)(CC1OC(=O)C(O)C(NC(=O)c1ccccc1)c1cccs1)C2(C)C.[Ac].[Ac]. The molecule has 2 aromatic carbocycles. The molecule has 7 rings (SSSR count). The van der Waals surface area contributed by atoms with Gasteiger partial charge in [-0.3, -0.25) is 9.59 Å². The summed E-state index contributed by atoms with van der Waals surface area (Å²) in [5.74, 6) is -5.03. The number of rotatable bonds is 8. The minimum absolute atomic E-state index is 0. The Kier molecular flexibility index (Phi) is 14.4. The normalized spacial score (nSPS) is 33.5. The maximum atomic E-state index is 14.7. The van der Waals surface area contributed by atoms with E-state index in [9.17, 15) is 44.7 Å². The smallest absolute Gasteiger partial charge is 0.338 e. The number of thiophene rings is 1. The summed E-state index contributed by atoms with van der Waals surface area (Å²) < 4.78 is 17.8. The number of ketones is 1. The molecule has 1 saturated heterocycles. The van der Waals surface area contributed by atoms with Crippen molar-refractivity contribution in [3.05, 3.63) is 105 Å². The van der Waals surface area contributed by atoms with E-state index in [1.54, 1.807) is 79.9 Å². The van der Waals surface area contributed by atoms with Crippen molar-refractivity contribution < 1.29 is 147 Å². The minimum Gasteiger partial charge on any atom is -0.456 e. The molecule has 2 radical (unpaired) electrons. The Bertz CT molecular complexity index is 2020. The van der Waals surface area contributed by atoms with Gasteiger partial charge in [-0.2, -0.15) is 0 Å². The molecule has 6 N–H and O–H groups in total. The second-order valence-corrected chi connectivity index (χ2v) is 16.8. The van der Waals surface area contributed by atoms with Crippen LogP contribution in [0.25, 0.3) is 0 Å². The predicted molar refractivity (Wildman–Crippen MR) is 196 cm³/mol. The number of hydrogen-bond acceptors (Lipinski definition) is 13. The van der Waals surface area contributed by atoms with Crippen LogP contribution in [-0.2, 0) is 23.8 Å². The van der Waals surface area contributed by atoms with Crippen molar-refractivity contribution >= 4 is 35.0 Å². The van der Waals surface area contributed by atoms with Crippen LogP contribution in [0, 0.1) is 105 Å². The van der Waals surface area contributed by atoms with Gasteiger partial charge in [-0.05, 0) is 60.7 Å². The molecule has 3 aromatic rings. The average Bonchev–Trinajstić information content (AvgIpc) is 3.71. The molecule has 4 aliphatic rings. The number of Topliss-reactive ketones (excluding diaryl/α,β-unsaturated/α-hetero) is 1. The molecular weight excluding hydrogens is 1180 g/mol. The van der Waals surface area contributed by atoms with E-state index in [-0.39, 0.29) is 123 Å². The fraction of sp³-hybridized carbons (Fsp3) is 0.463. The van der Waals surface area contributed by atoms with E-state index in [2.05, 4.69) is 5.32 Å². The largest absolute Gasteiger partial charge is 0.456 e. The molecule has 2 bridgehead atoms. The van der Waals surface area contributed by atoms with Crippen molar-refractivity contribution in [2.75, 3.05) is 6.61 Å². The van der Waals surface area contributed by atoms with E-state index in [4.69, 9.17) is 14.2 Å². The van der Waals surface area contributed by atoms with Crippen LogP contribution in [0.3, 0.4) is 0 Å². The molecular formula is C41H45Ac2NO12S. The van der Waals surface area contributed by atoms with Crippen molar-refractivity contribution in [3.63, 3.8) is 0 Å². The molecule has 9 unspecified atom stereocenters. The Hall–Kier alpha value is -1.40. The standard InChI is InChI=1S/C41H45NO12S.2Ac/c1-21-24(53-37(49)31(45)29(25-16-11-17-55-25)42-35(47)22-12-7-5-8-13-22)19-41(51)34(54-36(48)23-14-9-6-10-15-23)32-39(4,26(43)18-27-40(32,50)20-52-27)33(46)30(44)28(21)38(41,2)3;;/h5-17,24,26-27,29-32,34,43-45,50-51H,18-20H2,1-4H3,(H,42,47);;/t24?,26?,27?,29?,30?,31?,32?,34?,39-,40+,41?;;/m1../s1. The zero-order chi connectivity index (χ0) is 39.7. The first kappa shape index (κ1) is 46.7. The van der Waals surface area contributed by atoms with E-state index in [1.165, 1.54) is 37.3 Å². The number of nitrogens with one attached hydrogen (secondary N) is 1. The second-order valence-electron chi connectivity index (χ2n) is 15.8. The van der Waals surface area contributed by atoms with Gasteiger partial charge in [0, 0.05) is 123 Å². The van der Waals surface area contributed by atoms with Crippen LogP contribution >= 0.6 is 11.3 Å². The van der Waals surface area contributed by atoms with Gasteiger partial charge < -0.3 is 45.1 Å². The van der Waals surface area contributed by atoms with Crippen LogP contribution in [0.4, 0.5) is 0 Å². The first-order valence-corrected chi connectivity index (χ1v) is 19.1. The number of aliphatic hydroxyl groups excluding tert-OH is 3. The third kappa shape index (κ3) is 7.75. The number of ether oxygens (including phenoxy) is 3. The van der Waals surface area contributed by atoms with E-state index < -0.39 is 101 Å². The number of esters is 2.